The Hall–Kier alpha value is -4.99. The minimum absolute atomic E-state index is 0.0688. The molecule has 1 fully saturated rings. The van der Waals surface area contributed by atoms with Crippen molar-refractivity contribution >= 4 is 115 Å². The average molecular weight is 679 g/mol. The topological polar surface area (TPSA) is 26.3 Å². The number of rotatable bonds is 5. The van der Waals surface area contributed by atoms with Gasteiger partial charge in [0.2, 0.25) is 0 Å². The SMILES string of the molecule is COC(=O)CCCC1(c2cccs2)C2c3cc4c5c6c3c3c7c8c9c%10c(cc%11c%12c%13c(cc%14c%15c(c%16c6c3c9c(c%12%10)c%16c%15%13)C5C(C=4)C%14)C%11)CC8=CC721. The van der Waals surface area contributed by atoms with Gasteiger partial charge in [0.1, 0.15) is 0 Å². The summed E-state index contributed by atoms with van der Waals surface area (Å²) in [5.74, 6) is 1.30. The van der Waals surface area contributed by atoms with Crippen molar-refractivity contribution in [2.24, 2.45) is 5.92 Å². The van der Waals surface area contributed by atoms with E-state index < -0.39 is 0 Å². The fourth-order valence-corrected chi connectivity index (χ4v) is 17.2. The molecular weight excluding hydrogens is 653 g/mol. The van der Waals surface area contributed by atoms with Crippen molar-refractivity contribution in [2.45, 2.75) is 61.2 Å². The quantitative estimate of drug-likeness (QED) is 0.134. The number of carbonyl (C=O) groups excluding carboxylic acids is 1. The van der Waals surface area contributed by atoms with Crippen molar-refractivity contribution in [1.82, 2.24) is 0 Å². The Morgan fingerprint density at radius 2 is 1.52 bits per heavy atom. The number of thiophene rings is 1. The molecule has 1 aromatic heterocycles. The Morgan fingerprint density at radius 1 is 0.788 bits per heavy atom. The van der Waals surface area contributed by atoms with E-state index in [-0.39, 0.29) is 16.8 Å². The van der Waals surface area contributed by atoms with Gasteiger partial charge in [-0.15, -0.1) is 11.3 Å². The predicted octanol–water partition coefficient (Wildman–Crippen LogP) is 10.3. The molecule has 8 aliphatic carbocycles. The van der Waals surface area contributed by atoms with Gasteiger partial charge in [0.15, 0.2) is 0 Å². The molecule has 0 amide bonds. The van der Waals surface area contributed by atoms with Crippen molar-refractivity contribution in [3.05, 3.63) is 102 Å². The highest BCUT2D eigenvalue weighted by Gasteiger charge is 2.80. The molecule has 18 rings (SSSR count). The van der Waals surface area contributed by atoms with E-state index in [9.17, 15) is 4.79 Å². The van der Waals surface area contributed by atoms with Crippen LogP contribution in [0.3, 0.4) is 0 Å². The summed E-state index contributed by atoms with van der Waals surface area (Å²) < 4.78 is 5.22. The lowest BCUT2D eigenvalue weighted by Crippen LogP contribution is -2.20. The molecule has 0 bridgehead atoms. The first-order valence-corrected chi connectivity index (χ1v) is 20.4. The molecule has 240 valence electrons. The molecule has 5 unspecified atom stereocenters. The van der Waals surface area contributed by atoms with Crippen LogP contribution in [0.25, 0.3) is 97.8 Å². The summed E-state index contributed by atoms with van der Waals surface area (Å²) in [7, 11) is 1.54. The third-order valence-corrected chi connectivity index (χ3v) is 18.1. The molecule has 0 radical (unpaired) electrons. The van der Waals surface area contributed by atoms with Crippen molar-refractivity contribution in [3.63, 3.8) is 0 Å². The lowest BCUT2D eigenvalue weighted by Gasteiger charge is -2.31. The van der Waals surface area contributed by atoms with Gasteiger partial charge in [-0.1, -0.05) is 36.4 Å². The zero-order valence-corrected chi connectivity index (χ0v) is 29.1. The zero-order chi connectivity index (χ0) is 32.8. The van der Waals surface area contributed by atoms with E-state index in [0.29, 0.717) is 24.2 Å². The zero-order valence-electron chi connectivity index (χ0n) is 28.3. The summed E-state index contributed by atoms with van der Waals surface area (Å²) in [6, 6.07) is 12.8. The largest absolute Gasteiger partial charge is 0.469 e. The molecule has 1 saturated carbocycles. The first-order valence-electron chi connectivity index (χ1n) is 19.6. The molecule has 52 heavy (non-hydrogen) atoms. The Bertz CT molecular complexity index is 3710. The lowest BCUT2D eigenvalue weighted by atomic mass is 9.72. The molecule has 2 nitrogen and oxygen atoms in total. The number of methoxy groups -OCH3 is 1. The molecule has 5 atom stereocenters. The van der Waals surface area contributed by atoms with Gasteiger partial charge < -0.3 is 4.74 Å². The van der Waals surface area contributed by atoms with Gasteiger partial charge >= 0.3 is 5.97 Å². The minimum atomic E-state index is -0.0884. The number of ether oxygens (including phenoxy) is 1. The smallest absolute Gasteiger partial charge is 0.305 e. The highest BCUT2D eigenvalue weighted by atomic mass is 32.1. The summed E-state index contributed by atoms with van der Waals surface area (Å²) in [4.78, 5) is 14.2. The molecule has 0 aliphatic heterocycles. The van der Waals surface area contributed by atoms with Crippen molar-refractivity contribution in [3.8, 4) is 0 Å². The predicted molar refractivity (Wildman–Crippen MR) is 211 cm³/mol. The van der Waals surface area contributed by atoms with E-state index in [1.165, 1.54) is 10.1 Å². The molecule has 9 aromatic carbocycles. The van der Waals surface area contributed by atoms with Crippen LogP contribution in [0.1, 0.15) is 86.0 Å². The van der Waals surface area contributed by atoms with Gasteiger partial charge in [0.25, 0.3) is 0 Å². The maximum Gasteiger partial charge on any atom is 0.305 e. The molecule has 1 heterocycles. The lowest BCUT2D eigenvalue weighted by molar-refractivity contribution is -0.140. The van der Waals surface area contributed by atoms with Crippen LogP contribution in [-0.2, 0) is 39.6 Å². The summed E-state index contributed by atoms with van der Waals surface area (Å²) in [6.45, 7) is 0. The maximum absolute atomic E-state index is 12.7. The number of carbonyl (C=O) groups is 1. The normalized spacial score (nSPS) is 28.0. The summed E-state index contributed by atoms with van der Waals surface area (Å²) in [5, 5.41) is 29.9. The summed E-state index contributed by atoms with van der Waals surface area (Å²) in [5.41, 5.74) is 16.1. The number of hydrogen-bond donors (Lipinski definition) is 0. The standard InChI is InChI=1S/C49H26O2S/c1-51-25(50)5-2-6-48(24-4-3-7-52-24)47-23-14-21-12-18-10-19-9-16-8-17-11-20-13-22-15-49(47,48)46-32(22)37-31(20)36-27(17)26(16)34-30(19)35-28(18)29(21)38-33(23)45(46)44-42(37)40(36)39(34)41(35)43(38)44/h3-4,7,9,11-12,14-15,18,28,47H,2,5-6,8,10,13H2,1H3. The number of esters is 1. The van der Waals surface area contributed by atoms with Gasteiger partial charge in [-0.05, 0) is 197 Å². The van der Waals surface area contributed by atoms with Gasteiger partial charge in [0.05, 0.1) is 7.11 Å². The molecule has 1 spiro atoms. The van der Waals surface area contributed by atoms with Crippen LogP contribution in [0, 0.1) is 5.92 Å². The van der Waals surface area contributed by atoms with Crippen LogP contribution in [0.15, 0.2) is 41.8 Å². The van der Waals surface area contributed by atoms with Crippen LogP contribution in [0.5, 0.6) is 0 Å². The molecule has 8 aliphatic rings. The third kappa shape index (κ3) is 1.82. The van der Waals surface area contributed by atoms with Crippen LogP contribution >= 0.6 is 11.3 Å². The van der Waals surface area contributed by atoms with E-state index >= 15 is 0 Å². The Morgan fingerprint density at radius 3 is 2.38 bits per heavy atom. The highest BCUT2D eigenvalue weighted by molar-refractivity contribution is 7.10. The van der Waals surface area contributed by atoms with E-state index in [1.54, 1.807) is 149 Å². The first kappa shape index (κ1) is 24.3. The van der Waals surface area contributed by atoms with E-state index in [4.69, 9.17) is 4.74 Å². The highest BCUT2D eigenvalue weighted by Crippen LogP contribution is 2.85. The van der Waals surface area contributed by atoms with Crippen LogP contribution in [0.2, 0.25) is 0 Å². The number of fused-ring (bicyclic) bond motifs is 1. The fraction of sp³-hybridized carbons (Fsp3) is 0.245. The second-order valence-electron chi connectivity index (χ2n) is 18.2. The monoisotopic (exact) mass is 678 g/mol. The molecule has 0 saturated heterocycles. The van der Waals surface area contributed by atoms with E-state index in [2.05, 4.69) is 47.9 Å². The Balaban J connectivity index is 1.16. The number of hydrogen-bond acceptors (Lipinski definition) is 3. The maximum atomic E-state index is 12.7. The van der Waals surface area contributed by atoms with Gasteiger partial charge in [0, 0.05) is 34.0 Å². The minimum Gasteiger partial charge on any atom is -0.469 e. The number of allylic oxidation sites excluding steroid dienone is 2. The first-order chi connectivity index (χ1) is 25.7. The third-order valence-electron chi connectivity index (χ3n) is 17.1. The van der Waals surface area contributed by atoms with Crippen molar-refractivity contribution in [2.75, 3.05) is 7.11 Å². The van der Waals surface area contributed by atoms with E-state index in [0.717, 1.165) is 32.1 Å². The molecule has 3 heteroatoms. The second-order valence-corrected chi connectivity index (χ2v) is 19.2. The van der Waals surface area contributed by atoms with Gasteiger partial charge in [-0.3, -0.25) is 4.79 Å². The average Bonchev–Trinajstić information content (AvgIpc) is 3.93. The molecule has 10 aromatic rings. The number of benzene rings is 6. The van der Waals surface area contributed by atoms with Gasteiger partial charge in [-0.25, -0.2) is 0 Å². The van der Waals surface area contributed by atoms with Gasteiger partial charge in [-0.2, -0.15) is 0 Å². The second kappa shape index (κ2) is 6.58. The molecular formula is C49H26O2S. The summed E-state index contributed by atoms with van der Waals surface area (Å²) >= 11 is 1.95. The fourth-order valence-electron chi connectivity index (χ4n) is 16.2. The Kier molecular flexibility index (Phi) is 3.07. The van der Waals surface area contributed by atoms with Crippen LogP contribution in [0.4, 0.5) is 0 Å². The van der Waals surface area contributed by atoms with Crippen molar-refractivity contribution < 1.29 is 9.53 Å². The van der Waals surface area contributed by atoms with Crippen LogP contribution < -0.4 is 5.22 Å². The van der Waals surface area contributed by atoms with Crippen LogP contribution in [-0.4, -0.2) is 13.1 Å². The summed E-state index contributed by atoms with van der Waals surface area (Å²) in [6.07, 6.45) is 11.2. The molecule has 0 N–H and O–H groups in total. The Labute approximate surface area is 299 Å². The van der Waals surface area contributed by atoms with Crippen molar-refractivity contribution in [1.29, 1.82) is 0 Å². The van der Waals surface area contributed by atoms with E-state index in [1.807, 2.05) is 11.3 Å².